The van der Waals surface area contributed by atoms with Gasteiger partial charge >= 0.3 is 0 Å². The van der Waals surface area contributed by atoms with Gasteiger partial charge in [-0.1, -0.05) is 30.9 Å². The quantitative estimate of drug-likeness (QED) is 0.884. The van der Waals surface area contributed by atoms with Gasteiger partial charge in [-0.2, -0.15) is 0 Å². The van der Waals surface area contributed by atoms with E-state index in [1.54, 1.807) is 23.9 Å². The van der Waals surface area contributed by atoms with Crippen LogP contribution in [-0.4, -0.2) is 27.7 Å². The van der Waals surface area contributed by atoms with Crippen LogP contribution in [0.3, 0.4) is 0 Å². The largest absolute Gasteiger partial charge is 0.388 e. The third kappa shape index (κ3) is 3.06. The summed E-state index contributed by atoms with van der Waals surface area (Å²) >= 11 is 5.84. The van der Waals surface area contributed by atoms with E-state index in [-0.39, 0.29) is 5.91 Å². The summed E-state index contributed by atoms with van der Waals surface area (Å²) in [4.78, 5) is 12.0. The third-order valence-corrected chi connectivity index (χ3v) is 3.77. The second kappa shape index (κ2) is 5.33. The van der Waals surface area contributed by atoms with Crippen LogP contribution in [0, 0.1) is 0 Å². The fourth-order valence-electron chi connectivity index (χ4n) is 2.47. The molecule has 0 bridgehead atoms. The number of aliphatic hydroxyl groups is 1. The molecule has 1 aliphatic carbocycles. The molecule has 1 fully saturated rings. The van der Waals surface area contributed by atoms with Gasteiger partial charge in [-0.3, -0.25) is 4.79 Å². The number of nitrogens with zero attached hydrogens (tertiary/aromatic N) is 1. The summed E-state index contributed by atoms with van der Waals surface area (Å²) in [7, 11) is 1.77. The van der Waals surface area contributed by atoms with Gasteiger partial charge in [0.05, 0.1) is 10.6 Å². The minimum Gasteiger partial charge on any atom is -0.388 e. The molecule has 0 aliphatic heterocycles. The highest BCUT2D eigenvalue weighted by Crippen LogP contribution is 2.27. The van der Waals surface area contributed by atoms with E-state index in [0.717, 1.165) is 25.7 Å². The fourth-order valence-corrected chi connectivity index (χ4v) is 2.72. The van der Waals surface area contributed by atoms with E-state index in [0.29, 0.717) is 17.3 Å². The van der Waals surface area contributed by atoms with Crippen molar-refractivity contribution in [2.75, 3.05) is 6.54 Å². The van der Waals surface area contributed by atoms with Gasteiger partial charge in [-0.05, 0) is 18.9 Å². The Morgan fingerprint density at radius 2 is 2.17 bits per heavy atom. The second-order valence-corrected chi connectivity index (χ2v) is 5.56. The molecular formula is C13H19ClN2O2. The number of aryl methyl sites for hydroxylation is 1. The van der Waals surface area contributed by atoms with E-state index in [1.165, 1.54) is 6.42 Å². The van der Waals surface area contributed by atoms with Gasteiger partial charge < -0.3 is 15.0 Å². The lowest BCUT2D eigenvalue weighted by Gasteiger charge is -2.32. The van der Waals surface area contributed by atoms with E-state index < -0.39 is 5.60 Å². The van der Waals surface area contributed by atoms with Crippen LogP contribution in [0.1, 0.15) is 42.6 Å². The summed E-state index contributed by atoms with van der Waals surface area (Å²) in [5.41, 5.74) is -0.220. The van der Waals surface area contributed by atoms with Crippen molar-refractivity contribution >= 4 is 17.5 Å². The molecule has 4 nitrogen and oxygen atoms in total. The molecule has 5 heteroatoms. The maximum Gasteiger partial charge on any atom is 0.268 e. The Morgan fingerprint density at radius 1 is 1.50 bits per heavy atom. The highest BCUT2D eigenvalue weighted by Gasteiger charge is 2.29. The van der Waals surface area contributed by atoms with Crippen LogP contribution < -0.4 is 5.32 Å². The molecule has 0 unspecified atom stereocenters. The zero-order valence-electron chi connectivity index (χ0n) is 10.6. The lowest BCUT2D eigenvalue weighted by molar-refractivity contribution is 0.00518. The molecule has 0 aromatic carbocycles. The summed E-state index contributed by atoms with van der Waals surface area (Å²) in [6.07, 6.45) is 6.45. The number of carbonyl (C=O) groups excluding carboxylic acids is 1. The first-order valence-electron chi connectivity index (χ1n) is 6.33. The van der Waals surface area contributed by atoms with Gasteiger partial charge in [0.25, 0.3) is 5.91 Å². The number of hydrogen-bond donors (Lipinski definition) is 2. The molecule has 100 valence electrons. The van der Waals surface area contributed by atoms with Gasteiger partial charge in [0.2, 0.25) is 0 Å². The molecule has 1 aromatic heterocycles. The molecule has 1 amide bonds. The summed E-state index contributed by atoms with van der Waals surface area (Å²) in [6.45, 7) is 0.314. The van der Waals surface area contributed by atoms with Crippen molar-refractivity contribution < 1.29 is 9.90 Å². The molecule has 0 saturated heterocycles. The Kier molecular flexibility index (Phi) is 3.97. The van der Waals surface area contributed by atoms with Crippen LogP contribution in [0.25, 0.3) is 0 Å². The topological polar surface area (TPSA) is 54.3 Å². The number of hydrogen-bond acceptors (Lipinski definition) is 2. The van der Waals surface area contributed by atoms with Gasteiger partial charge in [0.1, 0.15) is 5.69 Å². The van der Waals surface area contributed by atoms with Crippen LogP contribution in [-0.2, 0) is 7.05 Å². The molecule has 2 rings (SSSR count). The molecular weight excluding hydrogens is 252 g/mol. The third-order valence-electron chi connectivity index (χ3n) is 3.57. The van der Waals surface area contributed by atoms with Crippen molar-refractivity contribution in [1.29, 1.82) is 0 Å². The first-order chi connectivity index (χ1) is 8.50. The van der Waals surface area contributed by atoms with Crippen LogP contribution >= 0.6 is 11.6 Å². The number of aromatic nitrogens is 1. The average Bonchev–Trinajstić information content (AvgIpc) is 2.67. The Labute approximate surface area is 112 Å². The van der Waals surface area contributed by atoms with E-state index in [1.807, 2.05) is 0 Å². The van der Waals surface area contributed by atoms with Gasteiger partial charge in [-0.15, -0.1) is 0 Å². The van der Waals surface area contributed by atoms with Crippen LogP contribution in [0.5, 0.6) is 0 Å². The van der Waals surface area contributed by atoms with Crippen molar-refractivity contribution in [3.05, 3.63) is 23.0 Å². The Balaban J connectivity index is 1.94. The summed E-state index contributed by atoms with van der Waals surface area (Å²) in [5, 5.41) is 13.6. The second-order valence-electron chi connectivity index (χ2n) is 5.12. The molecule has 0 spiro atoms. The molecule has 0 radical (unpaired) electrons. The van der Waals surface area contributed by atoms with E-state index in [2.05, 4.69) is 5.32 Å². The zero-order chi connectivity index (χ0) is 13.2. The monoisotopic (exact) mass is 270 g/mol. The van der Waals surface area contributed by atoms with E-state index in [4.69, 9.17) is 11.6 Å². The molecule has 1 saturated carbocycles. The minimum atomic E-state index is -0.733. The number of rotatable bonds is 3. The highest BCUT2D eigenvalue weighted by molar-refractivity contribution is 6.31. The Bertz CT molecular complexity index is 436. The maximum atomic E-state index is 12.0. The summed E-state index contributed by atoms with van der Waals surface area (Å²) < 4.78 is 1.68. The lowest BCUT2D eigenvalue weighted by Crippen LogP contribution is -2.44. The smallest absolute Gasteiger partial charge is 0.268 e. The van der Waals surface area contributed by atoms with Gasteiger partial charge in [-0.25, -0.2) is 0 Å². The molecule has 18 heavy (non-hydrogen) atoms. The van der Waals surface area contributed by atoms with Gasteiger partial charge in [0, 0.05) is 19.8 Å². The van der Waals surface area contributed by atoms with Crippen molar-refractivity contribution in [2.45, 2.75) is 37.7 Å². The Hall–Kier alpha value is -1.00. The fraction of sp³-hybridized carbons (Fsp3) is 0.615. The van der Waals surface area contributed by atoms with Crippen LogP contribution in [0.4, 0.5) is 0 Å². The first-order valence-corrected chi connectivity index (χ1v) is 6.70. The van der Waals surface area contributed by atoms with Crippen LogP contribution in [0.2, 0.25) is 5.02 Å². The highest BCUT2D eigenvalue weighted by atomic mass is 35.5. The van der Waals surface area contributed by atoms with Crippen molar-refractivity contribution in [3.8, 4) is 0 Å². The predicted octanol–water partition coefficient (Wildman–Crippen LogP) is 2.10. The van der Waals surface area contributed by atoms with Crippen molar-refractivity contribution in [2.24, 2.45) is 7.05 Å². The molecule has 2 N–H and O–H groups in total. The number of halogens is 1. The standard InChI is InChI=1S/C13H19ClN2O2/c1-16-8-10(14)7-11(16)12(17)15-9-13(18)5-3-2-4-6-13/h7-8,18H,2-6,9H2,1H3,(H,15,17). The van der Waals surface area contributed by atoms with E-state index in [9.17, 15) is 9.90 Å². The number of nitrogens with one attached hydrogen (secondary N) is 1. The summed E-state index contributed by atoms with van der Waals surface area (Å²) in [6, 6.07) is 1.63. The predicted molar refractivity (Wildman–Crippen MR) is 70.8 cm³/mol. The maximum absolute atomic E-state index is 12.0. The number of amides is 1. The average molecular weight is 271 g/mol. The molecule has 1 aliphatic rings. The zero-order valence-corrected chi connectivity index (χ0v) is 11.3. The van der Waals surface area contributed by atoms with Crippen molar-refractivity contribution in [3.63, 3.8) is 0 Å². The number of carbonyl (C=O) groups is 1. The van der Waals surface area contributed by atoms with Crippen LogP contribution in [0.15, 0.2) is 12.3 Å². The van der Waals surface area contributed by atoms with Crippen molar-refractivity contribution in [1.82, 2.24) is 9.88 Å². The molecule has 0 atom stereocenters. The normalized spacial score (nSPS) is 18.6. The van der Waals surface area contributed by atoms with E-state index >= 15 is 0 Å². The molecule has 1 heterocycles. The Morgan fingerprint density at radius 3 is 2.72 bits per heavy atom. The van der Waals surface area contributed by atoms with Gasteiger partial charge in [0.15, 0.2) is 0 Å². The SMILES string of the molecule is Cn1cc(Cl)cc1C(=O)NCC1(O)CCCCC1. The summed E-state index contributed by atoms with van der Waals surface area (Å²) in [5.74, 6) is -0.191. The first kappa shape index (κ1) is 13.4. The minimum absolute atomic E-state index is 0.191. The molecule has 1 aromatic rings. The lowest BCUT2D eigenvalue weighted by atomic mass is 9.85.